The number of nitrogens with zero attached hydrogens (tertiary/aromatic N) is 5. The van der Waals surface area contributed by atoms with E-state index in [1.165, 1.54) is 0 Å². The van der Waals surface area contributed by atoms with Gasteiger partial charge in [-0.1, -0.05) is 6.92 Å². The largest absolute Gasteiger partial charge is 0.489 e. The second-order valence-electron chi connectivity index (χ2n) is 9.16. The summed E-state index contributed by atoms with van der Waals surface area (Å²) in [6.45, 7) is 8.96. The summed E-state index contributed by atoms with van der Waals surface area (Å²) in [6.07, 6.45) is 3.48. The number of pyridine rings is 3. The van der Waals surface area contributed by atoms with E-state index < -0.39 is 0 Å². The third-order valence-electron chi connectivity index (χ3n) is 6.43. The van der Waals surface area contributed by atoms with Crippen LogP contribution in [0.2, 0.25) is 0 Å². The number of aromatic nitrogens is 3. The maximum Gasteiger partial charge on any atom is 0.252 e. The molecule has 1 fully saturated rings. The highest BCUT2D eigenvalue weighted by Gasteiger charge is 2.35. The molecule has 1 aliphatic rings. The monoisotopic (exact) mass is 461 g/mol. The van der Waals surface area contributed by atoms with Crippen LogP contribution in [-0.4, -0.2) is 39.3 Å². The van der Waals surface area contributed by atoms with Crippen molar-refractivity contribution in [1.82, 2.24) is 14.5 Å². The van der Waals surface area contributed by atoms with Gasteiger partial charge in [0, 0.05) is 44.1 Å². The Morgan fingerprint density at radius 3 is 2.71 bits per heavy atom. The first-order chi connectivity index (χ1) is 16.3. The molecular formula is C26H31N5O3. The third-order valence-corrected chi connectivity index (χ3v) is 6.43. The summed E-state index contributed by atoms with van der Waals surface area (Å²) < 4.78 is 13.6. The normalized spacial score (nSPS) is 20.4. The number of rotatable bonds is 6. The molecule has 8 heteroatoms. The first-order valence-corrected chi connectivity index (χ1v) is 11.8. The van der Waals surface area contributed by atoms with E-state index in [0.717, 1.165) is 30.8 Å². The van der Waals surface area contributed by atoms with Crippen LogP contribution in [0.15, 0.2) is 41.3 Å². The third kappa shape index (κ3) is 4.69. The average Bonchev–Trinajstić information content (AvgIpc) is 2.82. The van der Waals surface area contributed by atoms with Crippen LogP contribution in [0.25, 0.3) is 11.0 Å². The first-order valence-electron chi connectivity index (χ1n) is 11.8. The van der Waals surface area contributed by atoms with E-state index in [-0.39, 0.29) is 29.7 Å². The summed E-state index contributed by atoms with van der Waals surface area (Å²) in [7, 11) is 1.73. The van der Waals surface area contributed by atoms with Gasteiger partial charge in [0.2, 0.25) is 5.88 Å². The molecule has 0 radical (unpaired) electrons. The quantitative estimate of drug-likeness (QED) is 0.546. The number of hydrogen-bond donors (Lipinski definition) is 0. The van der Waals surface area contributed by atoms with Crippen LogP contribution in [0, 0.1) is 17.2 Å². The van der Waals surface area contributed by atoms with Crippen LogP contribution < -0.4 is 19.9 Å². The topological polar surface area (TPSA) is 93.3 Å². The Balaban J connectivity index is 1.61. The smallest absolute Gasteiger partial charge is 0.252 e. The predicted molar refractivity (Wildman–Crippen MR) is 131 cm³/mol. The molecule has 0 spiro atoms. The van der Waals surface area contributed by atoms with Crippen LogP contribution in [0.4, 0.5) is 5.69 Å². The molecule has 0 amide bonds. The van der Waals surface area contributed by atoms with Crippen molar-refractivity contribution in [3.8, 4) is 17.7 Å². The van der Waals surface area contributed by atoms with Crippen molar-refractivity contribution in [2.24, 2.45) is 13.0 Å². The lowest BCUT2D eigenvalue weighted by Gasteiger charge is -2.43. The molecule has 0 aromatic carbocycles. The number of nitriles is 1. The zero-order chi connectivity index (χ0) is 24.4. The van der Waals surface area contributed by atoms with Crippen molar-refractivity contribution in [2.45, 2.75) is 58.8 Å². The zero-order valence-corrected chi connectivity index (χ0v) is 20.4. The van der Waals surface area contributed by atoms with Crippen molar-refractivity contribution in [1.29, 1.82) is 5.26 Å². The van der Waals surface area contributed by atoms with Crippen molar-refractivity contribution in [3.63, 3.8) is 0 Å². The molecule has 4 rings (SSSR count). The van der Waals surface area contributed by atoms with Gasteiger partial charge in [-0.15, -0.1) is 0 Å². The Labute approximate surface area is 199 Å². The Morgan fingerprint density at radius 2 is 2.06 bits per heavy atom. The van der Waals surface area contributed by atoms with Crippen LogP contribution in [-0.2, 0) is 7.05 Å². The molecule has 0 unspecified atom stereocenters. The summed E-state index contributed by atoms with van der Waals surface area (Å²) >= 11 is 0. The predicted octanol–water partition coefficient (Wildman–Crippen LogP) is 4.06. The van der Waals surface area contributed by atoms with Gasteiger partial charge in [0.25, 0.3) is 5.56 Å². The molecule has 34 heavy (non-hydrogen) atoms. The SMILES string of the molecule is CC[C@H]1CN(c2cc(=O)n(C)c3ccc(C#N)nc23)[C@H](C)C[C@@H]1Oc1ccc(OC(C)C)cn1. The lowest BCUT2D eigenvalue weighted by molar-refractivity contribution is 0.0911. The molecule has 178 valence electrons. The summed E-state index contributed by atoms with van der Waals surface area (Å²) in [5.74, 6) is 1.54. The molecule has 0 aliphatic carbocycles. The summed E-state index contributed by atoms with van der Waals surface area (Å²) in [4.78, 5) is 23.9. The molecule has 0 N–H and O–H groups in total. The van der Waals surface area contributed by atoms with E-state index >= 15 is 0 Å². The van der Waals surface area contributed by atoms with Gasteiger partial charge in [-0.3, -0.25) is 4.79 Å². The number of piperidine rings is 1. The number of aryl methyl sites for hydroxylation is 1. The van der Waals surface area contributed by atoms with Crippen molar-refractivity contribution >= 4 is 16.7 Å². The van der Waals surface area contributed by atoms with Gasteiger partial charge in [0.05, 0.1) is 23.5 Å². The summed E-state index contributed by atoms with van der Waals surface area (Å²) in [5.41, 5.74) is 2.40. The minimum absolute atomic E-state index is 0.000977. The number of ether oxygens (including phenoxy) is 2. The lowest BCUT2D eigenvalue weighted by atomic mass is 9.88. The molecule has 0 bridgehead atoms. The average molecular weight is 462 g/mol. The number of fused-ring (bicyclic) bond motifs is 1. The molecule has 0 saturated carbocycles. The van der Waals surface area contributed by atoms with Crippen molar-refractivity contribution in [2.75, 3.05) is 11.4 Å². The van der Waals surface area contributed by atoms with Gasteiger partial charge in [0.15, 0.2) is 0 Å². The highest BCUT2D eigenvalue weighted by molar-refractivity contribution is 5.88. The Bertz CT molecular complexity index is 1260. The Morgan fingerprint density at radius 1 is 1.26 bits per heavy atom. The first kappa shape index (κ1) is 23.6. The van der Waals surface area contributed by atoms with Crippen molar-refractivity contribution in [3.05, 3.63) is 52.6 Å². The van der Waals surface area contributed by atoms with Gasteiger partial charge in [-0.2, -0.15) is 5.26 Å². The van der Waals surface area contributed by atoms with E-state index in [2.05, 4.69) is 34.8 Å². The molecule has 3 atom stereocenters. The standard InChI is InChI=1S/C26H31N5O3/c1-6-18-15-31(22-12-25(32)30(5)21-9-7-19(13-27)29-26(21)22)17(4)11-23(18)34-24-10-8-20(14-28-24)33-16(2)3/h7-10,12,14,16-18,23H,6,11,15H2,1-5H3/t17-,18+,23+/m1/s1. The van der Waals surface area contributed by atoms with E-state index in [9.17, 15) is 10.1 Å². The van der Waals surface area contributed by atoms with Crippen LogP contribution in [0.3, 0.4) is 0 Å². The number of hydrogen-bond acceptors (Lipinski definition) is 7. The fourth-order valence-electron chi connectivity index (χ4n) is 4.60. The van der Waals surface area contributed by atoms with Crippen LogP contribution in [0.5, 0.6) is 11.6 Å². The second kappa shape index (κ2) is 9.72. The highest BCUT2D eigenvalue weighted by atomic mass is 16.5. The van der Waals surface area contributed by atoms with Crippen LogP contribution >= 0.6 is 0 Å². The van der Waals surface area contributed by atoms with Gasteiger partial charge < -0.3 is 18.9 Å². The molecule has 1 aliphatic heterocycles. The molecule has 3 aromatic rings. The van der Waals surface area contributed by atoms with E-state index in [4.69, 9.17) is 9.47 Å². The van der Waals surface area contributed by atoms with E-state index in [0.29, 0.717) is 22.6 Å². The minimum atomic E-state index is -0.0967. The lowest BCUT2D eigenvalue weighted by Crippen LogP contribution is -2.50. The molecule has 8 nitrogen and oxygen atoms in total. The highest BCUT2D eigenvalue weighted by Crippen LogP contribution is 2.34. The van der Waals surface area contributed by atoms with Gasteiger partial charge >= 0.3 is 0 Å². The fourth-order valence-corrected chi connectivity index (χ4v) is 4.60. The van der Waals surface area contributed by atoms with Crippen LogP contribution in [0.1, 0.15) is 46.2 Å². The minimum Gasteiger partial charge on any atom is -0.489 e. The van der Waals surface area contributed by atoms with Gasteiger partial charge in [0.1, 0.15) is 29.1 Å². The summed E-state index contributed by atoms with van der Waals surface area (Å²) in [6, 6.07) is 11.0. The van der Waals surface area contributed by atoms with E-state index in [1.54, 1.807) is 36.0 Å². The Hall–Kier alpha value is -3.60. The zero-order valence-electron chi connectivity index (χ0n) is 20.4. The maximum absolute atomic E-state index is 12.7. The van der Waals surface area contributed by atoms with Crippen molar-refractivity contribution < 1.29 is 9.47 Å². The molecule has 4 heterocycles. The van der Waals surface area contributed by atoms with E-state index in [1.807, 2.05) is 26.0 Å². The van der Waals surface area contributed by atoms with Gasteiger partial charge in [-0.25, -0.2) is 9.97 Å². The second-order valence-corrected chi connectivity index (χ2v) is 9.16. The maximum atomic E-state index is 12.7. The fraction of sp³-hybridized carbons (Fsp3) is 0.462. The molecular weight excluding hydrogens is 430 g/mol. The molecule has 1 saturated heterocycles. The summed E-state index contributed by atoms with van der Waals surface area (Å²) in [5, 5.41) is 9.36. The number of anilines is 1. The Kier molecular flexibility index (Phi) is 6.73. The molecule has 3 aromatic heterocycles. The van der Waals surface area contributed by atoms with Gasteiger partial charge in [-0.05, 0) is 45.4 Å².